The van der Waals surface area contributed by atoms with Gasteiger partial charge >= 0.3 is 6.09 Å². The van der Waals surface area contributed by atoms with Crippen molar-refractivity contribution < 1.29 is 27.6 Å². The first-order valence-electron chi connectivity index (χ1n) is 13.4. The minimum atomic E-state index is -0.625. The van der Waals surface area contributed by atoms with Gasteiger partial charge in [-0.1, -0.05) is 11.2 Å². The molecule has 0 bridgehead atoms. The van der Waals surface area contributed by atoms with E-state index in [0.29, 0.717) is 67.8 Å². The number of hydrogen-bond donors (Lipinski definition) is 1. The zero-order valence-corrected chi connectivity index (χ0v) is 22.7. The summed E-state index contributed by atoms with van der Waals surface area (Å²) in [7, 11) is 0. The van der Waals surface area contributed by atoms with Crippen molar-refractivity contribution >= 4 is 12.0 Å². The van der Waals surface area contributed by atoms with Gasteiger partial charge in [-0.25, -0.2) is 23.5 Å². The molecule has 2 aromatic heterocycles. The Morgan fingerprint density at radius 3 is 2.52 bits per heavy atom. The molecule has 0 unspecified atom stereocenters. The van der Waals surface area contributed by atoms with E-state index in [-0.39, 0.29) is 30.3 Å². The van der Waals surface area contributed by atoms with Gasteiger partial charge in [0, 0.05) is 56.6 Å². The Morgan fingerprint density at radius 1 is 1.12 bits per heavy atom. The summed E-state index contributed by atoms with van der Waals surface area (Å²) in [6.45, 7) is 7.45. The van der Waals surface area contributed by atoms with E-state index in [1.807, 2.05) is 25.7 Å². The van der Waals surface area contributed by atoms with Crippen LogP contribution in [0.25, 0.3) is 11.4 Å². The molecule has 13 heteroatoms. The lowest BCUT2D eigenvalue weighted by molar-refractivity contribution is -0.0475. The largest absolute Gasteiger partial charge is 0.447 e. The Hall–Kier alpha value is -3.71. The maximum Gasteiger partial charge on any atom is 0.410 e. The number of benzene rings is 1. The van der Waals surface area contributed by atoms with Crippen LogP contribution in [0.5, 0.6) is 0 Å². The first-order valence-corrected chi connectivity index (χ1v) is 13.4. The van der Waals surface area contributed by atoms with Gasteiger partial charge in [-0.3, -0.25) is 0 Å². The van der Waals surface area contributed by atoms with Crippen LogP contribution in [0.3, 0.4) is 0 Å². The van der Waals surface area contributed by atoms with E-state index in [4.69, 9.17) is 19.7 Å². The summed E-state index contributed by atoms with van der Waals surface area (Å²) in [6.07, 6.45) is 3.61. The summed E-state index contributed by atoms with van der Waals surface area (Å²) in [6, 6.07) is 3.19. The molecule has 40 heavy (non-hydrogen) atoms. The van der Waals surface area contributed by atoms with Crippen molar-refractivity contribution in [1.29, 1.82) is 0 Å². The van der Waals surface area contributed by atoms with Crippen molar-refractivity contribution in [2.24, 2.45) is 5.73 Å². The van der Waals surface area contributed by atoms with Crippen LogP contribution < -0.4 is 10.6 Å². The Balaban J connectivity index is 1.16. The molecule has 2 aliphatic rings. The van der Waals surface area contributed by atoms with Crippen LogP contribution >= 0.6 is 0 Å². The van der Waals surface area contributed by atoms with Crippen LogP contribution in [0.4, 0.5) is 19.5 Å². The van der Waals surface area contributed by atoms with Crippen molar-refractivity contribution in [3.63, 3.8) is 0 Å². The third kappa shape index (κ3) is 6.20. The summed E-state index contributed by atoms with van der Waals surface area (Å²) < 4.78 is 44.5. The summed E-state index contributed by atoms with van der Waals surface area (Å²) in [5.41, 5.74) is 7.22. The third-order valence-electron chi connectivity index (χ3n) is 7.13. The molecule has 11 nitrogen and oxygen atoms in total. The van der Waals surface area contributed by atoms with Gasteiger partial charge in [0.2, 0.25) is 11.8 Å². The number of nitrogens with two attached hydrogens (primary N) is 1. The molecule has 0 aliphatic carbocycles. The number of halogens is 2. The zero-order valence-electron chi connectivity index (χ0n) is 22.7. The second-order valence-electron chi connectivity index (χ2n) is 10.5. The number of carbonyl (C=O) groups is 1. The van der Waals surface area contributed by atoms with Gasteiger partial charge in [-0.05, 0) is 45.2 Å². The molecule has 3 atom stereocenters. The normalized spacial score (nSPS) is 20.8. The first kappa shape index (κ1) is 27.8. The van der Waals surface area contributed by atoms with Crippen LogP contribution in [0.2, 0.25) is 0 Å². The minimum Gasteiger partial charge on any atom is -0.447 e. The lowest BCUT2D eigenvalue weighted by atomic mass is 9.94. The summed E-state index contributed by atoms with van der Waals surface area (Å²) in [5, 5.41) is 4.05. The number of ether oxygens (including phenoxy) is 2. The molecule has 0 radical (unpaired) electrons. The van der Waals surface area contributed by atoms with Crippen molar-refractivity contribution in [2.45, 2.75) is 63.9 Å². The first-order chi connectivity index (χ1) is 19.2. The number of amides is 1. The Kier molecular flexibility index (Phi) is 8.22. The number of piperidine rings is 1. The highest BCUT2D eigenvalue weighted by Gasteiger charge is 2.34. The van der Waals surface area contributed by atoms with Crippen molar-refractivity contribution in [1.82, 2.24) is 25.0 Å². The highest BCUT2D eigenvalue weighted by Crippen LogP contribution is 2.31. The zero-order chi connectivity index (χ0) is 28.4. The second kappa shape index (κ2) is 11.8. The van der Waals surface area contributed by atoms with E-state index >= 15 is 0 Å². The van der Waals surface area contributed by atoms with E-state index in [0.717, 1.165) is 6.07 Å². The van der Waals surface area contributed by atoms with Gasteiger partial charge in [0.25, 0.3) is 5.89 Å². The molecule has 1 amide bonds. The van der Waals surface area contributed by atoms with Crippen molar-refractivity contribution in [2.75, 3.05) is 31.1 Å². The number of anilines is 1. The monoisotopic (exact) mass is 557 g/mol. The molecule has 0 saturated carbocycles. The summed E-state index contributed by atoms with van der Waals surface area (Å²) in [5.74, 6) is -0.454. The van der Waals surface area contributed by atoms with E-state index in [1.165, 1.54) is 12.1 Å². The van der Waals surface area contributed by atoms with E-state index < -0.39 is 17.7 Å². The van der Waals surface area contributed by atoms with Crippen molar-refractivity contribution in [3.05, 3.63) is 53.7 Å². The fourth-order valence-corrected chi connectivity index (χ4v) is 5.04. The van der Waals surface area contributed by atoms with Gasteiger partial charge in [0.15, 0.2) is 0 Å². The molecule has 2 N–H and O–H groups in total. The van der Waals surface area contributed by atoms with Gasteiger partial charge in [0.05, 0.1) is 17.8 Å². The Morgan fingerprint density at radius 2 is 1.85 bits per heavy atom. The molecule has 1 aromatic carbocycles. The fourth-order valence-electron chi connectivity index (χ4n) is 5.04. The predicted octanol–water partition coefficient (Wildman–Crippen LogP) is 3.82. The molecule has 214 valence electrons. The number of carbonyl (C=O) groups excluding carboxylic acids is 1. The standard InChI is InChI=1S/C27H33F2N7O4/c1-15(2)38-27(37)35-8-6-19(7-9-35)39-16(3)25-33-24(34-40-25)17-11-31-26(32-12-17)36-13-21(23(30)14-36)20-5-4-18(28)10-22(20)29/h4-5,10-12,15-16,19,21,23H,6-9,13-14,30H2,1-3H3/t16-,21-,23+/m1/s1. The number of likely N-dealkylation sites (tertiary alicyclic amines) is 1. The van der Waals surface area contributed by atoms with E-state index in [9.17, 15) is 13.6 Å². The Bertz CT molecular complexity index is 1310. The average molecular weight is 558 g/mol. The van der Waals surface area contributed by atoms with Crippen LogP contribution in [-0.4, -0.2) is 75.5 Å². The summed E-state index contributed by atoms with van der Waals surface area (Å²) in [4.78, 5) is 29.0. The molecule has 2 saturated heterocycles. The number of hydrogen-bond acceptors (Lipinski definition) is 10. The number of aromatic nitrogens is 4. The van der Waals surface area contributed by atoms with Crippen LogP contribution in [0, 0.1) is 11.6 Å². The molecule has 0 spiro atoms. The van der Waals surface area contributed by atoms with Gasteiger partial charge < -0.3 is 29.5 Å². The van der Waals surface area contributed by atoms with Crippen molar-refractivity contribution in [3.8, 4) is 11.4 Å². The summed E-state index contributed by atoms with van der Waals surface area (Å²) >= 11 is 0. The second-order valence-corrected chi connectivity index (χ2v) is 10.5. The minimum absolute atomic E-state index is 0.0462. The molecule has 3 aromatic rings. The Labute approximate surface area is 230 Å². The topological polar surface area (TPSA) is 133 Å². The average Bonchev–Trinajstić information content (AvgIpc) is 3.56. The highest BCUT2D eigenvalue weighted by atomic mass is 19.1. The fraction of sp³-hybridized carbons (Fsp3) is 0.519. The lowest BCUT2D eigenvalue weighted by Crippen LogP contribution is -2.42. The SMILES string of the molecule is CC(C)OC(=O)N1CCC(O[C@H](C)c2nc(-c3cnc(N4C[C@H](c5ccc(F)cc5F)[C@@H](N)C4)nc3)no2)CC1. The number of rotatable bonds is 7. The van der Waals surface area contributed by atoms with E-state index in [2.05, 4.69) is 20.1 Å². The van der Waals surface area contributed by atoms with Crippen LogP contribution in [0.15, 0.2) is 35.1 Å². The van der Waals surface area contributed by atoms with Crippen LogP contribution in [0.1, 0.15) is 57.1 Å². The molecule has 2 aliphatic heterocycles. The third-order valence-corrected chi connectivity index (χ3v) is 7.13. The predicted molar refractivity (Wildman–Crippen MR) is 140 cm³/mol. The molecule has 2 fully saturated rings. The smallest absolute Gasteiger partial charge is 0.410 e. The maximum absolute atomic E-state index is 14.3. The number of nitrogens with zero attached hydrogens (tertiary/aromatic N) is 6. The lowest BCUT2D eigenvalue weighted by Gasteiger charge is -2.32. The highest BCUT2D eigenvalue weighted by molar-refractivity contribution is 5.67. The molecule has 5 rings (SSSR count). The van der Waals surface area contributed by atoms with Crippen LogP contribution in [-0.2, 0) is 9.47 Å². The maximum atomic E-state index is 14.3. The molecular weight excluding hydrogens is 524 g/mol. The van der Waals surface area contributed by atoms with Gasteiger partial charge in [-0.15, -0.1) is 0 Å². The van der Waals surface area contributed by atoms with Gasteiger partial charge in [-0.2, -0.15) is 4.98 Å². The van der Waals surface area contributed by atoms with Gasteiger partial charge in [0.1, 0.15) is 17.7 Å². The molecule has 4 heterocycles. The quantitative estimate of drug-likeness (QED) is 0.457. The van der Waals surface area contributed by atoms with E-state index in [1.54, 1.807) is 17.3 Å². The molecular formula is C27H33F2N7O4.